The highest BCUT2D eigenvalue weighted by atomic mass is 28.3. The third kappa shape index (κ3) is 4.77. The topological polar surface area (TPSA) is 58.2 Å². The van der Waals surface area contributed by atoms with Crippen molar-refractivity contribution in [3.63, 3.8) is 0 Å². The smallest absolute Gasteiger partial charge is 0.411 e. The van der Waals surface area contributed by atoms with Crippen molar-refractivity contribution in [2.75, 3.05) is 0 Å². The SMILES string of the molecule is C[C@H]1CC[C@@H](c2nc3cc(C#C[Si](C)(C)C)ccc3[nH]2)N1C(=O)OC(C)(C)C. The van der Waals surface area contributed by atoms with Gasteiger partial charge in [-0.15, -0.1) is 5.54 Å². The van der Waals surface area contributed by atoms with E-state index >= 15 is 0 Å². The van der Waals surface area contributed by atoms with Crippen LogP contribution >= 0.6 is 0 Å². The lowest BCUT2D eigenvalue weighted by Crippen LogP contribution is -2.40. The van der Waals surface area contributed by atoms with Gasteiger partial charge in [-0.1, -0.05) is 25.6 Å². The normalized spacial score (nSPS) is 20.2. The van der Waals surface area contributed by atoms with Crippen LogP contribution in [0.25, 0.3) is 11.0 Å². The summed E-state index contributed by atoms with van der Waals surface area (Å²) in [4.78, 5) is 22.8. The number of amides is 1. The average Bonchev–Trinajstić information content (AvgIpc) is 3.13. The molecule has 3 rings (SSSR count). The van der Waals surface area contributed by atoms with Crippen LogP contribution in [-0.2, 0) is 4.74 Å². The number of aromatic nitrogens is 2. The Labute approximate surface area is 168 Å². The Bertz CT molecular complexity index is 941. The van der Waals surface area contributed by atoms with Crippen molar-refractivity contribution >= 4 is 25.2 Å². The molecule has 5 nitrogen and oxygen atoms in total. The van der Waals surface area contributed by atoms with Crippen LogP contribution in [0.4, 0.5) is 4.79 Å². The Hall–Kier alpha value is -2.26. The monoisotopic (exact) mass is 397 g/mol. The van der Waals surface area contributed by atoms with Gasteiger partial charge in [0.2, 0.25) is 0 Å². The highest BCUT2D eigenvalue weighted by Gasteiger charge is 2.39. The zero-order chi connectivity index (χ0) is 20.7. The number of ether oxygens (including phenoxy) is 1. The lowest BCUT2D eigenvalue weighted by atomic mass is 10.2. The Morgan fingerprint density at radius 2 is 2.00 bits per heavy atom. The van der Waals surface area contributed by atoms with Crippen molar-refractivity contribution < 1.29 is 9.53 Å². The Morgan fingerprint density at radius 1 is 1.29 bits per heavy atom. The van der Waals surface area contributed by atoms with Gasteiger partial charge in [0, 0.05) is 11.6 Å². The molecule has 2 atom stereocenters. The predicted molar refractivity (Wildman–Crippen MR) is 116 cm³/mol. The molecule has 0 spiro atoms. The molecule has 0 radical (unpaired) electrons. The van der Waals surface area contributed by atoms with Crippen LogP contribution in [-0.4, -0.2) is 40.7 Å². The van der Waals surface area contributed by atoms with Crippen molar-refractivity contribution in [1.29, 1.82) is 0 Å². The molecule has 2 heterocycles. The quantitative estimate of drug-likeness (QED) is 0.528. The van der Waals surface area contributed by atoms with Gasteiger partial charge < -0.3 is 9.72 Å². The van der Waals surface area contributed by atoms with E-state index in [1.54, 1.807) is 0 Å². The Balaban J connectivity index is 1.89. The third-order valence-electron chi connectivity index (χ3n) is 4.67. The van der Waals surface area contributed by atoms with Gasteiger partial charge in [0.25, 0.3) is 0 Å². The molecule has 28 heavy (non-hydrogen) atoms. The first-order valence-corrected chi connectivity index (χ1v) is 13.5. The number of aromatic amines is 1. The summed E-state index contributed by atoms with van der Waals surface area (Å²) in [7, 11) is -1.42. The first kappa shape index (κ1) is 20.5. The molecule has 0 bridgehead atoms. The molecule has 1 aliphatic rings. The minimum Gasteiger partial charge on any atom is -0.444 e. The summed E-state index contributed by atoms with van der Waals surface area (Å²) in [6.45, 7) is 14.4. The number of fused-ring (bicyclic) bond motifs is 1. The molecule has 1 aromatic heterocycles. The minimum atomic E-state index is -1.42. The number of hydrogen-bond acceptors (Lipinski definition) is 3. The maximum Gasteiger partial charge on any atom is 0.411 e. The van der Waals surface area contributed by atoms with Crippen molar-refractivity contribution in [2.24, 2.45) is 0 Å². The van der Waals surface area contributed by atoms with E-state index in [1.165, 1.54) is 0 Å². The van der Waals surface area contributed by atoms with Gasteiger partial charge in [0.15, 0.2) is 0 Å². The molecular formula is C22H31N3O2Si. The molecule has 2 aromatic rings. The van der Waals surface area contributed by atoms with Gasteiger partial charge in [-0.3, -0.25) is 4.90 Å². The molecular weight excluding hydrogens is 366 g/mol. The van der Waals surface area contributed by atoms with E-state index < -0.39 is 13.7 Å². The van der Waals surface area contributed by atoms with Gasteiger partial charge in [-0.05, 0) is 58.7 Å². The van der Waals surface area contributed by atoms with Gasteiger partial charge in [0.1, 0.15) is 19.5 Å². The number of nitrogens with zero attached hydrogens (tertiary/aromatic N) is 2. The van der Waals surface area contributed by atoms with Crippen molar-refractivity contribution in [3.05, 3.63) is 29.6 Å². The van der Waals surface area contributed by atoms with Crippen LogP contribution in [0.1, 0.15) is 58.0 Å². The molecule has 1 fully saturated rings. The lowest BCUT2D eigenvalue weighted by molar-refractivity contribution is 0.0152. The number of imidazole rings is 1. The van der Waals surface area contributed by atoms with Crippen LogP contribution in [0.15, 0.2) is 18.2 Å². The number of rotatable bonds is 1. The maximum absolute atomic E-state index is 12.8. The Kier molecular flexibility index (Phi) is 5.33. The number of benzene rings is 1. The number of hydrogen-bond donors (Lipinski definition) is 1. The summed E-state index contributed by atoms with van der Waals surface area (Å²) in [5.74, 6) is 4.11. The van der Waals surface area contributed by atoms with Gasteiger partial charge in [-0.2, -0.15) is 0 Å². The zero-order valence-electron chi connectivity index (χ0n) is 18.0. The fraction of sp³-hybridized carbons (Fsp3) is 0.545. The fourth-order valence-corrected chi connectivity index (χ4v) is 3.91. The van der Waals surface area contributed by atoms with Crippen LogP contribution in [0.3, 0.4) is 0 Å². The zero-order valence-corrected chi connectivity index (χ0v) is 19.0. The fourth-order valence-electron chi connectivity index (χ4n) is 3.40. The standard InChI is InChI=1S/C22H31N3O2Si/c1-15-8-11-19(25(15)21(26)27-22(2,3)4)20-23-17-10-9-16(14-18(17)24-20)12-13-28(5,6)7/h9-10,14-15,19H,8,11H2,1-7H3,(H,23,24)/t15-,19-/m0/s1. The number of H-pyrrole nitrogens is 1. The van der Waals surface area contributed by atoms with Crippen molar-refractivity contribution in [1.82, 2.24) is 14.9 Å². The van der Waals surface area contributed by atoms with Gasteiger partial charge in [0.05, 0.1) is 17.1 Å². The molecule has 1 N–H and O–H groups in total. The summed E-state index contributed by atoms with van der Waals surface area (Å²) < 4.78 is 5.63. The van der Waals surface area contributed by atoms with E-state index in [0.29, 0.717) is 0 Å². The molecule has 6 heteroatoms. The van der Waals surface area contributed by atoms with Crippen molar-refractivity contribution in [3.8, 4) is 11.5 Å². The minimum absolute atomic E-state index is 0.0891. The number of carbonyl (C=O) groups is 1. The lowest BCUT2D eigenvalue weighted by Gasteiger charge is -2.30. The van der Waals surface area contributed by atoms with Crippen LogP contribution < -0.4 is 0 Å². The van der Waals surface area contributed by atoms with E-state index in [1.807, 2.05) is 43.9 Å². The van der Waals surface area contributed by atoms with Crippen LogP contribution in [0.2, 0.25) is 19.6 Å². The highest BCUT2D eigenvalue weighted by molar-refractivity contribution is 6.83. The third-order valence-corrected chi connectivity index (χ3v) is 5.55. The van der Waals surface area contributed by atoms with E-state index in [0.717, 1.165) is 35.3 Å². The number of nitrogens with one attached hydrogen (secondary N) is 1. The van der Waals surface area contributed by atoms with Gasteiger partial charge in [-0.25, -0.2) is 9.78 Å². The maximum atomic E-state index is 12.8. The van der Waals surface area contributed by atoms with E-state index in [-0.39, 0.29) is 18.2 Å². The molecule has 150 valence electrons. The molecule has 1 saturated heterocycles. The number of likely N-dealkylation sites (tertiary alicyclic amines) is 1. The molecule has 1 aliphatic heterocycles. The largest absolute Gasteiger partial charge is 0.444 e. The molecule has 0 aliphatic carbocycles. The number of carbonyl (C=O) groups excluding carboxylic acids is 1. The first-order valence-electron chi connectivity index (χ1n) is 9.97. The second-order valence-electron chi connectivity index (χ2n) is 9.68. The summed E-state index contributed by atoms with van der Waals surface area (Å²) in [6, 6.07) is 6.12. The first-order chi connectivity index (χ1) is 12.9. The second kappa shape index (κ2) is 7.29. The van der Waals surface area contributed by atoms with E-state index in [2.05, 4.69) is 43.0 Å². The summed E-state index contributed by atoms with van der Waals surface area (Å²) in [5.41, 5.74) is 5.73. The molecule has 0 unspecified atom stereocenters. The summed E-state index contributed by atoms with van der Waals surface area (Å²) in [6.07, 6.45) is 1.54. The van der Waals surface area contributed by atoms with E-state index in [4.69, 9.17) is 9.72 Å². The summed E-state index contributed by atoms with van der Waals surface area (Å²) in [5, 5.41) is 0. The predicted octanol–water partition coefficient (Wildman–Crippen LogP) is 5.25. The summed E-state index contributed by atoms with van der Waals surface area (Å²) >= 11 is 0. The molecule has 1 amide bonds. The molecule has 0 saturated carbocycles. The molecule has 1 aromatic carbocycles. The van der Waals surface area contributed by atoms with E-state index in [9.17, 15) is 4.79 Å². The highest BCUT2D eigenvalue weighted by Crippen LogP contribution is 2.36. The average molecular weight is 398 g/mol. The Morgan fingerprint density at radius 3 is 2.64 bits per heavy atom. The van der Waals surface area contributed by atoms with Crippen molar-refractivity contribution in [2.45, 2.75) is 77.9 Å². The van der Waals surface area contributed by atoms with Crippen LogP contribution in [0.5, 0.6) is 0 Å². The van der Waals surface area contributed by atoms with Gasteiger partial charge >= 0.3 is 6.09 Å². The van der Waals surface area contributed by atoms with Crippen LogP contribution in [0, 0.1) is 11.5 Å². The second-order valence-corrected chi connectivity index (χ2v) is 14.4.